The number of aryl methyl sites for hydroxylation is 1. The summed E-state index contributed by atoms with van der Waals surface area (Å²) in [7, 11) is 0. The van der Waals surface area contributed by atoms with Crippen LogP contribution in [0.1, 0.15) is 30.8 Å². The highest BCUT2D eigenvalue weighted by Gasteiger charge is 2.25. The van der Waals surface area contributed by atoms with Gasteiger partial charge in [0.15, 0.2) is 0 Å². The van der Waals surface area contributed by atoms with Gasteiger partial charge in [-0.05, 0) is 26.3 Å². The summed E-state index contributed by atoms with van der Waals surface area (Å²) < 4.78 is 35.4. The van der Waals surface area contributed by atoms with Gasteiger partial charge < -0.3 is 10.3 Å². The summed E-state index contributed by atoms with van der Waals surface area (Å²) in [5.74, 6) is 0.842. The fourth-order valence-corrected chi connectivity index (χ4v) is 1.36. The van der Waals surface area contributed by atoms with Gasteiger partial charge in [-0.2, -0.15) is 13.2 Å². The molecule has 92 valence electrons. The quantitative estimate of drug-likeness (QED) is 0.744. The molecule has 16 heavy (non-hydrogen) atoms. The van der Waals surface area contributed by atoms with E-state index in [-0.39, 0.29) is 6.42 Å². The van der Waals surface area contributed by atoms with Crippen molar-refractivity contribution in [1.82, 2.24) is 15.3 Å². The number of aromatic nitrogens is 2. The smallest absolute Gasteiger partial charge is 0.345 e. The van der Waals surface area contributed by atoms with Crippen molar-refractivity contribution in [1.29, 1.82) is 0 Å². The van der Waals surface area contributed by atoms with Gasteiger partial charge in [0, 0.05) is 24.9 Å². The van der Waals surface area contributed by atoms with E-state index in [0.717, 1.165) is 11.5 Å². The second kappa shape index (κ2) is 5.89. The van der Waals surface area contributed by atoms with E-state index in [2.05, 4.69) is 15.3 Å². The number of hydrogen-bond acceptors (Lipinski definition) is 2. The van der Waals surface area contributed by atoms with Crippen molar-refractivity contribution in [2.45, 2.75) is 38.9 Å². The Morgan fingerprint density at radius 2 is 2.12 bits per heavy atom. The molecule has 0 aliphatic heterocycles. The Labute approximate surface area is 92.5 Å². The molecule has 0 radical (unpaired) electrons. The third kappa shape index (κ3) is 5.75. The van der Waals surface area contributed by atoms with Crippen LogP contribution >= 0.6 is 0 Å². The van der Waals surface area contributed by atoms with E-state index < -0.39 is 12.6 Å². The van der Waals surface area contributed by atoms with Gasteiger partial charge in [-0.15, -0.1) is 0 Å². The molecule has 0 fully saturated rings. The fraction of sp³-hybridized carbons (Fsp3) is 0.700. The third-order valence-corrected chi connectivity index (χ3v) is 2.13. The summed E-state index contributed by atoms with van der Waals surface area (Å²) in [6.07, 6.45) is -2.29. The lowest BCUT2D eigenvalue weighted by molar-refractivity contribution is -0.135. The van der Waals surface area contributed by atoms with Crippen LogP contribution < -0.4 is 5.32 Å². The predicted octanol–water partition coefficient (Wildman–Crippen LogP) is 2.54. The minimum atomic E-state index is -4.03. The van der Waals surface area contributed by atoms with Gasteiger partial charge >= 0.3 is 6.18 Å². The highest BCUT2D eigenvalue weighted by Crippen LogP contribution is 2.21. The van der Waals surface area contributed by atoms with Crippen molar-refractivity contribution in [2.75, 3.05) is 6.54 Å². The van der Waals surface area contributed by atoms with Gasteiger partial charge in [0.05, 0.1) is 0 Å². The summed E-state index contributed by atoms with van der Waals surface area (Å²) in [5.41, 5.74) is 0.952. The lowest BCUT2D eigenvalue weighted by Gasteiger charge is -2.06. The largest absolute Gasteiger partial charge is 0.389 e. The zero-order chi connectivity index (χ0) is 12.0. The molecular weight excluding hydrogens is 219 g/mol. The van der Waals surface area contributed by atoms with Gasteiger partial charge in [-0.3, -0.25) is 0 Å². The van der Waals surface area contributed by atoms with Gasteiger partial charge in [-0.1, -0.05) is 0 Å². The Bertz CT molecular complexity index is 307. The molecule has 1 heterocycles. The highest BCUT2D eigenvalue weighted by atomic mass is 19.4. The predicted molar refractivity (Wildman–Crippen MR) is 54.9 cm³/mol. The standard InChI is InChI=1S/C10H16F3N3/c1-8-15-7-9(16-8)6-14-5-3-2-4-10(11,12)13/h7,14H,2-6H2,1H3,(H,15,16). The third-order valence-electron chi connectivity index (χ3n) is 2.13. The van der Waals surface area contributed by atoms with Crippen LogP contribution in [-0.2, 0) is 6.54 Å². The van der Waals surface area contributed by atoms with Gasteiger partial charge in [-0.25, -0.2) is 4.98 Å². The summed E-state index contributed by atoms with van der Waals surface area (Å²) in [6, 6.07) is 0. The highest BCUT2D eigenvalue weighted by molar-refractivity contribution is 4.98. The summed E-state index contributed by atoms with van der Waals surface area (Å²) in [6.45, 7) is 3.06. The molecule has 2 N–H and O–H groups in total. The van der Waals surface area contributed by atoms with E-state index >= 15 is 0 Å². The van der Waals surface area contributed by atoms with Gasteiger partial charge in [0.2, 0.25) is 0 Å². The molecule has 0 saturated heterocycles. The Balaban J connectivity index is 2.00. The van der Waals surface area contributed by atoms with Crippen molar-refractivity contribution < 1.29 is 13.2 Å². The second-order valence-corrected chi connectivity index (χ2v) is 3.74. The van der Waals surface area contributed by atoms with Crippen LogP contribution in [0.5, 0.6) is 0 Å². The van der Waals surface area contributed by atoms with Crippen LogP contribution in [-0.4, -0.2) is 22.7 Å². The van der Waals surface area contributed by atoms with E-state index in [1.165, 1.54) is 0 Å². The molecule has 1 aromatic rings. The zero-order valence-corrected chi connectivity index (χ0v) is 9.19. The van der Waals surface area contributed by atoms with Gasteiger partial charge in [0.1, 0.15) is 5.82 Å². The molecule has 6 heteroatoms. The topological polar surface area (TPSA) is 40.7 Å². The van der Waals surface area contributed by atoms with E-state index in [0.29, 0.717) is 19.5 Å². The summed E-state index contributed by atoms with van der Waals surface area (Å²) >= 11 is 0. The number of nitrogens with one attached hydrogen (secondary N) is 2. The van der Waals surface area contributed by atoms with Crippen LogP contribution in [0.2, 0.25) is 0 Å². The first-order chi connectivity index (χ1) is 7.47. The second-order valence-electron chi connectivity index (χ2n) is 3.74. The molecule has 0 bridgehead atoms. The minimum absolute atomic E-state index is 0.179. The molecule has 1 rings (SSSR count). The first-order valence-corrected chi connectivity index (χ1v) is 5.25. The molecule has 0 atom stereocenters. The van der Waals surface area contributed by atoms with Crippen LogP contribution in [0.4, 0.5) is 13.2 Å². The number of unbranched alkanes of at least 4 members (excludes halogenated alkanes) is 1. The minimum Gasteiger partial charge on any atom is -0.345 e. The van der Waals surface area contributed by atoms with Crippen molar-refractivity contribution in [3.63, 3.8) is 0 Å². The molecule has 0 spiro atoms. The molecule has 3 nitrogen and oxygen atoms in total. The van der Waals surface area contributed by atoms with Crippen LogP contribution in [0, 0.1) is 6.92 Å². The number of halogens is 3. The molecule has 0 aliphatic carbocycles. The number of alkyl halides is 3. The van der Waals surface area contributed by atoms with Gasteiger partial charge in [0.25, 0.3) is 0 Å². The van der Waals surface area contributed by atoms with Crippen molar-refractivity contribution in [2.24, 2.45) is 0 Å². The number of imidazole rings is 1. The van der Waals surface area contributed by atoms with Crippen LogP contribution in [0.3, 0.4) is 0 Å². The summed E-state index contributed by atoms with van der Waals surface area (Å²) in [4.78, 5) is 7.06. The first kappa shape index (κ1) is 13.0. The number of nitrogens with zero attached hydrogens (tertiary/aromatic N) is 1. The molecule has 1 aromatic heterocycles. The van der Waals surface area contributed by atoms with E-state index in [4.69, 9.17) is 0 Å². The normalized spacial score (nSPS) is 12.0. The monoisotopic (exact) mass is 235 g/mol. The summed E-state index contributed by atoms with van der Waals surface area (Å²) in [5, 5.41) is 3.06. The number of rotatable bonds is 6. The first-order valence-electron chi connectivity index (χ1n) is 5.25. The van der Waals surface area contributed by atoms with E-state index in [9.17, 15) is 13.2 Å². The molecular formula is C10H16F3N3. The van der Waals surface area contributed by atoms with Crippen molar-refractivity contribution >= 4 is 0 Å². The lowest BCUT2D eigenvalue weighted by atomic mass is 10.2. The number of hydrogen-bond donors (Lipinski definition) is 2. The molecule has 0 amide bonds. The lowest BCUT2D eigenvalue weighted by Crippen LogP contribution is -2.16. The Hall–Kier alpha value is -1.04. The number of H-pyrrole nitrogens is 1. The van der Waals surface area contributed by atoms with Crippen LogP contribution in [0.25, 0.3) is 0 Å². The maximum Gasteiger partial charge on any atom is 0.389 e. The Morgan fingerprint density at radius 3 is 2.69 bits per heavy atom. The molecule has 0 aromatic carbocycles. The number of aromatic amines is 1. The fourth-order valence-electron chi connectivity index (χ4n) is 1.36. The maximum absolute atomic E-state index is 11.8. The van der Waals surface area contributed by atoms with E-state index in [1.807, 2.05) is 6.92 Å². The molecule has 0 unspecified atom stereocenters. The molecule has 0 saturated carbocycles. The zero-order valence-electron chi connectivity index (χ0n) is 9.19. The molecule has 0 aliphatic rings. The van der Waals surface area contributed by atoms with Crippen LogP contribution in [0.15, 0.2) is 6.20 Å². The van der Waals surface area contributed by atoms with Crippen molar-refractivity contribution in [3.8, 4) is 0 Å². The Morgan fingerprint density at radius 1 is 1.38 bits per heavy atom. The van der Waals surface area contributed by atoms with Crippen molar-refractivity contribution in [3.05, 3.63) is 17.7 Å². The Kier molecular flexibility index (Phi) is 4.79. The maximum atomic E-state index is 11.8. The average Bonchev–Trinajstić information content (AvgIpc) is 2.56. The van der Waals surface area contributed by atoms with E-state index in [1.54, 1.807) is 6.20 Å². The SMILES string of the molecule is Cc1ncc(CNCCCCC(F)(F)F)[nH]1. The average molecular weight is 235 g/mol.